The number of hydrogen-bond donors (Lipinski definition) is 1. The Kier molecular flexibility index (Phi) is 5.82. The number of amides is 1. The monoisotopic (exact) mass is 466 g/mol. The van der Waals surface area contributed by atoms with Crippen LogP contribution >= 0.6 is 0 Å². The highest BCUT2D eigenvalue weighted by atomic mass is 32.2. The Morgan fingerprint density at radius 3 is 2.25 bits per heavy atom. The van der Waals surface area contributed by atoms with Crippen molar-refractivity contribution in [1.82, 2.24) is 9.62 Å². The van der Waals surface area contributed by atoms with Gasteiger partial charge in [-0.25, -0.2) is 17.2 Å². The molecular weight excluding hydrogens is 446 g/mol. The first-order valence-corrected chi connectivity index (χ1v) is 11.4. The number of nitro benzene ring substituents is 1. The first-order valence-electron chi connectivity index (χ1n) is 9.97. The topological polar surface area (TPSA) is 113 Å². The molecular formula is C20H20F2N4O5S. The molecule has 1 N–H and O–H groups in total. The number of halogens is 2. The van der Waals surface area contributed by atoms with Gasteiger partial charge in [-0.3, -0.25) is 14.9 Å². The van der Waals surface area contributed by atoms with Crippen molar-refractivity contribution in [1.29, 1.82) is 0 Å². The SMILES string of the molecule is O=C(NC1CC1)c1ccc(N2CCN(S(=O)(=O)c3c(F)cccc3F)CC2)c([N+](=O)[O-])c1. The molecule has 9 nitrogen and oxygen atoms in total. The number of carbonyl (C=O) groups is 1. The second kappa shape index (κ2) is 8.43. The summed E-state index contributed by atoms with van der Waals surface area (Å²) in [6.45, 7) is -0.0815. The molecule has 1 heterocycles. The average Bonchev–Trinajstić information content (AvgIpc) is 3.57. The van der Waals surface area contributed by atoms with Crippen LogP contribution in [0.2, 0.25) is 0 Å². The summed E-state index contributed by atoms with van der Waals surface area (Å²) in [5.41, 5.74) is 0.139. The average molecular weight is 466 g/mol. The fourth-order valence-corrected chi connectivity index (χ4v) is 5.13. The first kappa shape index (κ1) is 22.1. The Bertz CT molecular complexity index is 1160. The lowest BCUT2D eigenvalue weighted by atomic mass is 10.1. The molecule has 32 heavy (non-hydrogen) atoms. The van der Waals surface area contributed by atoms with Gasteiger partial charge in [-0.05, 0) is 37.1 Å². The second-order valence-corrected chi connectivity index (χ2v) is 9.53. The summed E-state index contributed by atoms with van der Waals surface area (Å²) >= 11 is 0. The van der Waals surface area contributed by atoms with Crippen molar-refractivity contribution in [2.24, 2.45) is 0 Å². The maximum Gasteiger partial charge on any atom is 0.293 e. The number of sulfonamides is 1. The molecule has 0 radical (unpaired) electrons. The molecule has 2 aliphatic rings. The summed E-state index contributed by atoms with van der Waals surface area (Å²) in [4.78, 5) is 23.8. The number of nitrogens with one attached hydrogen (secondary N) is 1. The van der Waals surface area contributed by atoms with Gasteiger partial charge in [0.05, 0.1) is 4.92 Å². The summed E-state index contributed by atoms with van der Waals surface area (Å²) in [5.74, 6) is -2.74. The van der Waals surface area contributed by atoms with Gasteiger partial charge < -0.3 is 10.2 Å². The van der Waals surface area contributed by atoms with Crippen LogP contribution in [0, 0.1) is 21.7 Å². The van der Waals surface area contributed by atoms with Gasteiger partial charge in [0, 0.05) is 43.9 Å². The Labute approximate surface area is 182 Å². The van der Waals surface area contributed by atoms with Gasteiger partial charge >= 0.3 is 0 Å². The molecule has 1 saturated heterocycles. The zero-order valence-electron chi connectivity index (χ0n) is 16.8. The quantitative estimate of drug-likeness (QED) is 0.516. The van der Waals surface area contributed by atoms with E-state index < -0.39 is 31.5 Å². The van der Waals surface area contributed by atoms with E-state index in [1.165, 1.54) is 18.2 Å². The number of hydrogen-bond acceptors (Lipinski definition) is 6. The fraction of sp³-hybridized carbons (Fsp3) is 0.350. The summed E-state index contributed by atoms with van der Waals surface area (Å²) < 4.78 is 54.4. The minimum Gasteiger partial charge on any atom is -0.363 e. The molecule has 0 bridgehead atoms. The Morgan fingerprint density at radius 2 is 1.69 bits per heavy atom. The minimum atomic E-state index is -4.41. The van der Waals surface area contributed by atoms with E-state index in [1.807, 2.05) is 0 Å². The van der Waals surface area contributed by atoms with E-state index >= 15 is 0 Å². The van der Waals surface area contributed by atoms with Crippen LogP contribution in [-0.2, 0) is 10.0 Å². The van der Waals surface area contributed by atoms with E-state index in [4.69, 9.17) is 0 Å². The van der Waals surface area contributed by atoms with Crippen LogP contribution < -0.4 is 10.2 Å². The van der Waals surface area contributed by atoms with Gasteiger partial charge in [0.1, 0.15) is 17.3 Å². The number of anilines is 1. The molecule has 2 fully saturated rings. The third-order valence-corrected chi connectivity index (χ3v) is 7.39. The summed E-state index contributed by atoms with van der Waals surface area (Å²) in [6, 6.07) is 7.07. The van der Waals surface area contributed by atoms with Gasteiger partial charge in [-0.1, -0.05) is 6.07 Å². The maximum absolute atomic E-state index is 14.0. The minimum absolute atomic E-state index is 0.0732. The second-order valence-electron chi connectivity index (χ2n) is 7.65. The van der Waals surface area contributed by atoms with E-state index in [0.717, 1.165) is 35.3 Å². The van der Waals surface area contributed by atoms with Crippen LogP contribution in [0.1, 0.15) is 23.2 Å². The Morgan fingerprint density at radius 1 is 1.06 bits per heavy atom. The van der Waals surface area contributed by atoms with Crippen LogP contribution in [-0.4, -0.2) is 55.8 Å². The number of piperazine rings is 1. The van der Waals surface area contributed by atoms with E-state index in [9.17, 15) is 32.1 Å². The van der Waals surface area contributed by atoms with Crippen molar-refractivity contribution in [3.63, 3.8) is 0 Å². The highest BCUT2D eigenvalue weighted by Gasteiger charge is 2.34. The highest BCUT2D eigenvalue weighted by molar-refractivity contribution is 7.89. The lowest BCUT2D eigenvalue weighted by Gasteiger charge is -2.35. The molecule has 4 rings (SSSR count). The number of benzene rings is 2. The third-order valence-electron chi connectivity index (χ3n) is 5.44. The largest absolute Gasteiger partial charge is 0.363 e. The fourth-order valence-electron chi connectivity index (χ4n) is 3.60. The molecule has 1 aliphatic carbocycles. The molecule has 0 spiro atoms. The van der Waals surface area contributed by atoms with Gasteiger partial charge in [-0.2, -0.15) is 4.31 Å². The molecule has 0 aromatic heterocycles. The molecule has 1 amide bonds. The van der Waals surface area contributed by atoms with E-state index in [0.29, 0.717) is 0 Å². The molecule has 1 saturated carbocycles. The van der Waals surface area contributed by atoms with Crippen molar-refractivity contribution in [3.8, 4) is 0 Å². The van der Waals surface area contributed by atoms with E-state index in [-0.39, 0.29) is 55.1 Å². The van der Waals surface area contributed by atoms with Gasteiger partial charge in [0.15, 0.2) is 4.90 Å². The predicted molar refractivity (Wildman–Crippen MR) is 111 cm³/mol. The molecule has 170 valence electrons. The van der Waals surface area contributed by atoms with Gasteiger partial charge in [0.25, 0.3) is 11.6 Å². The van der Waals surface area contributed by atoms with E-state index in [2.05, 4.69) is 5.32 Å². The van der Waals surface area contributed by atoms with Crippen molar-refractivity contribution in [2.45, 2.75) is 23.8 Å². The van der Waals surface area contributed by atoms with E-state index in [1.54, 1.807) is 4.90 Å². The van der Waals surface area contributed by atoms with Crippen molar-refractivity contribution in [2.75, 3.05) is 31.1 Å². The summed E-state index contributed by atoms with van der Waals surface area (Å²) in [7, 11) is -4.41. The third kappa shape index (κ3) is 4.28. The molecule has 2 aromatic carbocycles. The molecule has 0 unspecified atom stereocenters. The van der Waals surface area contributed by atoms with Crippen LogP contribution in [0.4, 0.5) is 20.2 Å². The van der Waals surface area contributed by atoms with Crippen LogP contribution in [0.5, 0.6) is 0 Å². The Balaban J connectivity index is 1.52. The molecule has 2 aromatic rings. The van der Waals surface area contributed by atoms with Crippen LogP contribution in [0.15, 0.2) is 41.3 Å². The van der Waals surface area contributed by atoms with Crippen LogP contribution in [0.3, 0.4) is 0 Å². The zero-order chi connectivity index (χ0) is 23.0. The number of nitrogens with zero attached hydrogens (tertiary/aromatic N) is 3. The normalized spacial score (nSPS) is 17.2. The standard InChI is InChI=1S/C20H20F2N4O5S/c21-15-2-1-3-16(22)19(15)32(30,31)25-10-8-24(9-11-25)17-7-4-13(12-18(17)26(28)29)20(27)23-14-5-6-14/h1-4,7,12,14H,5-6,8-11H2,(H,23,27). The lowest BCUT2D eigenvalue weighted by molar-refractivity contribution is -0.384. The van der Waals surface area contributed by atoms with Gasteiger partial charge in [0.2, 0.25) is 10.0 Å². The van der Waals surface area contributed by atoms with Crippen molar-refractivity contribution < 1.29 is 26.9 Å². The zero-order valence-corrected chi connectivity index (χ0v) is 17.6. The number of carbonyl (C=O) groups excluding carboxylic acids is 1. The Hall–Kier alpha value is -3.12. The smallest absolute Gasteiger partial charge is 0.293 e. The van der Waals surface area contributed by atoms with Crippen LogP contribution in [0.25, 0.3) is 0 Å². The number of nitro groups is 1. The van der Waals surface area contributed by atoms with Crippen molar-refractivity contribution in [3.05, 3.63) is 63.7 Å². The highest BCUT2D eigenvalue weighted by Crippen LogP contribution is 2.32. The molecule has 12 heteroatoms. The molecule has 1 aliphatic heterocycles. The number of rotatable bonds is 6. The lowest BCUT2D eigenvalue weighted by Crippen LogP contribution is -2.49. The summed E-state index contributed by atoms with van der Waals surface area (Å²) in [6.07, 6.45) is 1.77. The molecule has 0 atom stereocenters. The maximum atomic E-state index is 14.0. The predicted octanol–water partition coefficient (Wildman–Crippen LogP) is 2.28. The summed E-state index contributed by atoms with van der Waals surface area (Å²) in [5, 5.41) is 14.4. The van der Waals surface area contributed by atoms with Gasteiger partial charge in [-0.15, -0.1) is 0 Å². The first-order chi connectivity index (χ1) is 15.2. The van der Waals surface area contributed by atoms with Crippen molar-refractivity contribution >= 4 is 27.3 Å².